The van der Waals surface area contributed by atoms with E-state index in [4.69, 9.17) is 0 Å². The molecule has 0 unspecified atom stereocenters. The number of hydrogen-bond donors (Lipinski definition) is 0. The van der Waals surface area contributed by atoms with E-state index < -0.39 is 8.07 Å². The molecule has 16 rings (SSSR count). The minimum Gasteiger partial charge on any atom is -0.345 e. The Morgan fingerprint density at radius 3 is 0.745 bits per heavy atom. The first-order valence-electron chi connectivity index (χ1n) is 38.1. The van der Waals surface area contributed by atoms with Crippen LogP contribution in [0.3, 0.4) is 0 Å². The van der Waals surface area contributed by atoms with Crippen LogP contribution in [-0.2, 0) is 0 Å². The van der Waals surface area contributed by atoms with Gasteiger partial charge in [0.15, 0.2) is 0 Å². The van der Waals surface area contributed by atoms with Crippen molar-refractivity contribution in [2.75, 3.05) is 11.9 Å². The average Bonchev–Trinajstić information content (AvgIpc) is 0.827. The van der Waals surface area contributed by atoms with E-state index in [9.17, 15) is 0 Å². The van der Waals surface area contributed by atoms with Gasteiger partial charge in [-0.05, 0) is 179 Å². The second kappa shape index (κ2) is 45.9. The molecule has 0 fully saturated rings. The third kappa shape index (κ3) is 30.4. The molecule has 0 aliphatic carbocycles. The Kier molecular flexibility index (Phi) is 34.7. The third-order valence-electron chi connectivity index (χ3n) is 17.4. The van der Waals surface area contributed by atoms with Gasteiger partial charge in [0.2, 0.25) is 0 Å². The van der Waals surface area contributed by atoms with Gasteiger partial charge in [0.1, 0.15) is 0 Å². The minimum absolute atomic E-state index is 0.611. The van der Waals surface area contributed by atoms with E-state index in [0.717, 1.165) is 0 Å². The fourth-order valence-electron chi connectivity index (χ4n) is 11.6. The zero-order chi connectivity index (χ0) is 78.0. The Bertz CT molecular complexity index is 4970. The lowest BCUT2D eigenvalue weighted by molar-refractivity contribution is 1.21. The van der Waals surface area contributed by atoms with E-state index in [1.54, 1.807) is 0 Å². The molecule has 2 heteroatoms. The molecule has 0 saturated carbocycles. The number of aryl methyl sites for hydroxylation is 7. The fourth-order valence-corrected chi connectivity index (χ4v) is 11.6. The minimum atomic E-state index is -0.611. The Hall–Kier alpha value is -12.5. The molecular formula is C108H109NSi. The second-order valence-corrected chi connectivity index (χ2v) is 34.8. The van der Waals surface area contributed by atoms with E-state index in [1.165, 1.54) is 128 Å². The van der Waals surface area contributed by atoms with Crippen LogP contribution in [0.25, 0.3) is 77.9 Å². The summed E-state index contributed by atoms with van der Waals surface area (Å²) < 4.78 is 0. The Balaban J connectivity index is 0.000000159. The monoisotopic (exact) mass is 1450 g/mol. The summed E-state index contributed by atoms with van der Waals surface area (Å²) in [6.07, 6.45) is 0. The molecule has 0 amide bonds. The molecule has 0 aliphatic rings. The SMILES string of the molecule is CN(c1ccccc1)c1ccccc1.C[Si](C)(C)C.Cc1cc(-c2ccccc2)cc(-c2ccccc2)c1.Cc1ccc(-c2ccccc2)cc1.Cc1ccc(-c2ccccc2)cc1-c1ccccc1.Cc1cccc(-c2ccccc2)c1.Cc1ccccc1.Cc1ccccc1.Cc1ccccc1-c1ccccc1. The number of benzene rings is 16. The molecule has 0 atom stereocenters. The van der Waals surface area contributed by atoms with E-state index >= 15 is 0 Å². The summed E-state index contributed by atoms with van der Waals surface area (Å²) in [4.78, 5) is 2.17. The lowest BCUT2D eigenvalue weighted by Gasteiger charge is -2.18. The van der Waals surface area contributed by atoms with Gasteiger partial charge in [-0.25, -0.2) is 0 Å². The maximum atomic E-state index is 2.33. The van der Waals surface area contributed by atoms with Crippen LogP contribution < -0.4 is 4.90 Å². The topological polar surface area (TPSA) is 3.24 Å². The van der Waals surface area contributed by atoms with Crippen LogP contribution in [0.15, 0.2) is 443 Å². The van der Waals surface area contributed by atoms with Crippen LogP contribution in [-0.4, -0.2) is 15.1 Å². The van der Waals surface area contributed by atoms with Gasteiger partial charge in [-0.15, -0.1) is 0 Å². The molecule has 0 aliphatic heterocycles. The lowest BCUT2D eigenvalue weighted by atomic mass is 9.95. The summed E-state index contributed by atoms with van der Waals surface area (Å²) in [5, 5.41) is 0. The van der Waals surface area contributed by atoms with Gasteiger partial charge in [-0.1, -0.05) is 455 Å². The molecule has 16 aromatic carbocycles. The van der Waals surface area contributed by atoms with Gasteiger partial charge in [-0.2, -0.15) is 0 Å². The van der Waals surface area contributed by atoms with Gasteiger partial charge < -0.3 is 4.90 Å². The molecule has 0 aromatic heterocycles. The Morgan fingerprint density at radius 2 is 0.400 bits per heavy atom. The number of rotatable bonds is 9. The van der Waals surface area contributed by atoms with Crippen LogP contribution >= 0.6 is 0 Å². The molecule has 0 saturated heterocycles. The summed E-state index contributed by atoms with van der Waals surface area (Å²) in [5.74, 6) is 0. The highest BCUT2D eigenvalue weighted by Crippen LogP contribution is 2.31. The van der Waals surface area contributed by atoms with Crippen molar-refractivity contribution in [2.24, 2.45) is 0 Å². The van der Waals surface area contributed by atoms with Crippen molar-refractivity contribution >= 4 is 19.4 Å². The van der Waals surface area contributed by atoms with E-state index in [1.807, 2.05) is 66.7 Å². The normalized spacial score (nSPS) is 10.0. The summed E-state index contributed by atoms with van der Waals surface area (Å²) in [7, 11) is 1.46. The maximum Gasteiger partial charge on any atom is 0.0411 e. The smallest absolute Gasteiger partial charge is 0.0411 e. The molecule has 0 N–H and O–H groups in total. The quantitative estimate of drug-likeness (QED) is 0.130. The van der Waals surface area contributed by atoms with Crippen LogP contribution in [0.1, 0.15) is 38.9 Å². The predicted molar refractivity (Wildman–Crippen MR) is 486 cm³/mol. The van der Waals surface area contributed by atoms with Crippen molar-refractivity contribution in [1.82, 2.24) is 0 Å². The summed E-state index contributed by atoms with van der Waals surface area (Å²) >= 11 is 0. The van der Waals surface area contributed by atoms with Gasteiger partial charge in [0.05, 0.1) is 0 Å². The third-order valence-corrected chi connectivity index (χ3v) is 17.4. The van der Waals surface area contributed by atoms with E-state index in [-0.39, 0.29) is 0 Å². The van der Waals surface area contributed by atoms with Gasteiger partial charge in [-0.3, -0.25) is 0 Å². The number of hydrogen-bond acceptors (Lipinski definition) is 1. The van der Waals surface area contributed by atoms with Crippen molar-refractivity contribution in [2.45, 2.75) is 74.7 Å². The van der Waals surface area contributed by atoms with Gasteiger partial charge in [0.25, 0.3) is 0 Å². The summed E-state index contributed by atoms with van der Waals surface area (Å²) in [6, 6.07) is 154. The molecule has 0 bridgehead atoms. The van der Waals surface area contributed by atoms with E-state index in [2.05, 4.69) is 463 Å². The number of para-hydroxylation sites is 2. The van der Waals surface area contributed by atoms with Crippen LogP contribution in [0, 0.1) is 48.5 Å². The second-order valence-electron chi connectivity index (χ2n) is 28.8. The van der Waals surface area contributed by atoms with Crippen molar-refractivity contribution in [3.63, 3.8) is 0 Å². The average molecular weight is 1450 g/mol. The highest BCUT2D eigenvalue weighted by Gasteiger charge is 2.07. The van der Waals surface area contributed by atoms with Crippen LogP contribution in [0.4, 0.5) is 11.4 Å². The molecule has 0 radical (unpaired) electrons. The van der Waals surface area contributed by atoms with Gasteiger partial charge >= 0.3 is 0 Å². The van der Waals surface area contributed by atoms with Crippen LogP contribution in [0.5, 0.6) is 0 Å². The molecule has 0 heterocycles. The first-order valence-corrected chi connectivity index (χ1v) is 42.1. The van der Waals surface area contributed by atoms with Crippen molar-refractivity contribution in [3.8, 4) is 77.9 Å². The molecule has 16 aromatic rings. The van der Waals surface area contributed by atoms with Crippen LogP contribution in [0.2, 0.25) is 26.2 Å². The Labute approximate surface area is 661 Å². The molecule has 0 spiro atoms. The van der Waals surface area contributed by atoms with Crippen molar-refractivity contribution in [3.05, 3.63) is 482 Å². The summed E-state index contributed by atoms with van der Waals surface area (Å²) in [5.41, 5.74) is 29.6. The van der Waals surface area contributed by atoms with Crippen molar-refractivity contribution < 1.29 is 0 Å². The highest BCUT2D eigenvalue weighted by atomic mass is 28.3. The maximum absolute atomic E-state index is 2.33. The largest absolute Gasteiger partial charge is 0.345 e. The highest BCUT2D eigenvalue weighted by molar-refractivity contribution is 6.74. The summed E-state index contributed by atoms with van der Waals surface area (Å²) in [6.45, 7) is 24.2. The standard InChI is InChI=1S/2C19H16.C13H13N.3C13H12.2C7H8.C4H12Si/c1-15-12-18(16-8-4-2-5-9-16)14-19(13-15)17-10-6-3-7-11-17;1-15-12-13-18(16-8-4-2-5-9-16)14-19(15)17-10-6-3-7-11-17;1-14(12-8-4-2-5-9-12)13-10-6-3-7-11-13;1-11-7-5-6-10-13(11)12-8-3-2-4-9-12;1-11-6-5-9-13(10-11)12-7-3-2-4-8-12;1-11-7-9-13(10-8-11)12-5-3-2-4-6-12;2*1-7-5-3-2-4-6-7;1-5(2,3)4/h2*2-14H,1H3;2-11H,1H3;3*2-10H,1H3;2*2-6H,1H3;1-4H3. The zero-order valence-corrected chi connectivity index (χ0v) is 67.6. The lowest BCUT2D eigenvalue weighted by Crippen LogP contribution is -2.10. The van der Waals surface area contributed by atoms with Gasteiger partial charge in [0, 0.05) is 26.5 Å². The first-order chi connectivity index (χ1) is 53.4. The van der Waals surface area contributed by atoms with Crippen molar-refractivity contribution in [1.29, 1.82) is 0 Å². The predicted octanol–water partition coefficient (Wildman–Crippen LogP) is 31.0. The number of anilines is 2. The Morgan fingerprint density at radius 1 is 0.164 bits per heavy atom. The molecule has 110 heavy (non-hydrogen) atoms. The first kappa shape index (κ1) is 83.2. The fraction of sp³-hybridized carbons (Fsp3) is 0.111. The molecule has 550 valence electrons. The number of nitrogens with zero attached hydrogens (tertiary/aromatic N) is 1. The molecular weight excluding hydrogens is 1340 g/mol. The zero-order valence-electron chi connectivity index (χ0n) is 66.6. The molecule has 1 nitrogen and oxygen atoms in total. The van der Waals surface area contributed by atoms with E-state index in [0.29, 0.717) is 0 Å².